The lowest BCUT2D eigenvalue weighted by Gasteiger charge is -2.26. The molecule has 96 valence electrons. The Morgan fingerprint density at radius 1 is 1.39 bits per heavy atom. The quantitative estimate of drug-likeness (QED) is 0.851. The van der Waals surface area contributed by atoms with Crippen molar-refractivity contribution in [3.63, 3.8) is 0 Å². The van der Waals surface area contributed by atoms with Crippen molar-refractivity contribution in [3.8, 4) is 6.07 Å². The molecule has 0 aromatic carbocycles. The van der Waals surface area contributed by atoms with Gasteiger partial charge in [-0.1, -0.05) is 25.7 Å². The van der Waals surface area contributed by atoms with Crippen LogP contribution in [-0.2, 0) is 11.2 Å². The SMILES string of the molecule is N#CC1(NC(=O)Cc2ccsc2)CCCCCC1. The first-order valence-corrected chi connectivity index (χ1v) is 7.42. The molecule has 18 heavy (non-hydrogen) atoms. The second kappa shape index (κ2) is 6.01. The van der Waals surface area contributed by atoms with Crippen molar-refractivity contribution in [3.05, 3.63) is 22.4 Å². The monoisotopic (exact) mass is 262 g/mol. The molecule has 1 aliphatic carbocycles. The van der Waals surface area contributed by atoms with Crippen molar-refractivity contribution in [1.82, 2.24) is 5.32 Å². The predicted octanol–water partition coefficient (Wildman–Crippen LogP) is 3.02. The Balaban J connectivity index is 1.97. The molecule has 4 heteroatoms. The number of hydrogen-bond acceptors (Lipinski definition) is 3. The molecule has 3 nitrogen and oxygen atoms in total. The van der Waals surface area contributed by atoms with Crippen LogP contribution < -0.4 is 5.32 Å². The first kappa shape index (κ1) is 13.1. The van der Waals surface area contributed by atoms with E-state index in [9.17, 15) is 10.1 Å². The second-order valence-corrected chi connectivity index (χ2v) is 5.74. The topological polar surface area (TPSA) is 52.9 Å². The Kier molecular flexibility index (Phi) is 4.38. The van der Waals surface area contributed by atoms with E-state index < -0.39 is 5.54 Å². The molecule has 1 saturated carbocycles. The van der Waals surface area contributed by atoms with Gasteiger partial charge in [-0.05, 0) is 35.2 Å². The number of nitrogens with one attached hydrogen (secondary N) is 1. The zero-order valence-corrected chi connectivity index (χ0v) is 11.3. The van der Waals surface area contributed by atoms with E-state index in [1.165, 1.54) is 12.8 Å². The Morgan fingerprint density at radius 2 is 2.11 bits per heavy atom. The minimum Gasteiger partial charge on any atom is -0.338 e. The average Bonchev–Trinajstić information content (AvgIpc) is 2.74. The van der Waals surface area contributed by atoms with E-state index >= 15 is 0 Å². The second-order valence-electron chi connectivity index (χ2n) is 4.96. The summed E-state index contributed by atoms with van der Waals surface area (Å²) >= 11 is 1.59. The molecular weight excluding hydrogens is 244 g/mol. The Morgan fingerprint density at radius 3 is 2.67 bits per heavy atom. The summed E-state index contributed by atoms with van der Waals surface area (Å²) in [5.74, 6) is -0.0307. The van der Waals surface area contributed by atoms with Gasteiger partial charge in [0.25, 0.3) is 0 Å². The number of carbonyl (C=O) groups excluding carboxylic acids is 1. The van der Waals surface area contributed by atoms with Gasteiger partial charge in [0.05, 0.1) is 12.5 Å². The summed E-state index contributed by atoms with van der Waals surface area (Å²) in [4.78, 5) is 12.0. The molecule has 0 bridgehead atoms. The van der Waals surface area contributed by atoms with E-state index in [1.54, 1.807) is 11.3 Å². The molecule has 0 unspecified atom stereocenters. The highest BCUT2D eigenvalue weighted by molar-refractivity contribution is 7.07. The molecule has 1 amide bonds. The van der Waals surface area contributed by atoms with Crippen molar-refractivity contribution in [2.75, 3.05) is 0 Å². The fraction of sp³-hybridized carbons (Fsp3) is 0.571. The highest BCUT2D eigenvalue weighted by atomic mass is 32.1. The van der Waals surface area contributed by atoms with E-state index in [1.807, 2.05) is 16.8 Å². The van der Waals surface area contributed by atoms with Crippen LogP contribution in [0.15, 0.2) is 16.8 Å². The molecule has 2 rings (SSSR count). The van der Waals surface area contributed by atoms with Crippen molar-refractivity contribution < 1.29 is 4.79 Å². The van der Waals surface area contributed by atoms with E-state index in [4.69, 9.17) is 0 Å². The summed E-state index contributed by atoms with van der Waals surface area (Å²) in [6, 6.07) is 4.29. The molecule has 1 fully saturated rings. The number of rotatable bonds is 3. The molecule has 0 aliphatic heterocycles. The van der Waals surface area contributed by atoms with Crippen LogP contribution in [0.25, 0.3) is 0 Å². The lowest BCUT2D eigenvalue weighted by atomic mass is 9.91. The summed E-state index contributed by atoms with van der Waals surface area (Å²) in [5.41, 5.74) is 0.406. The molecule has 1 aromatic rings. The number of nitriles is 1. The zero-order valence-electron chi connectivity index (χ0n) is 10.4. The van der Waals surface area contributed by atoms with Gasteiger partial charge < -0.3 is 5.32 Å². The number of thiophene rings is 1. The van der Waals surface area contributed by atoms with Gasteiger partial charge in [0, 0.05) is 0 Å². The van der Waals surface area contributed by atoms with Crippen molar-refractivity contribution in [2.45, 2.75) is 50.5 Å². The van der Waals surface area contributed by atoms with E-state index in [0.29, 0.717) is 6.42 Å². The lowest BCUT2D eigenvalue weighted by molar-refractivity contribution is -0.121. The molecular formula is C14H18N2OS. The first-order chi connectivity index (χ1) is 8.74. The van der Waals surface area contributed by atoms with Crippen LogP contribution in [0.3, 0.4) is 0 Å². The number of amides is 1. The maximum atomic E-state index is 12.0. The first-order valence-electron chi connectivity index (χ1n) is 6.47. The fourth-order valence-corrected chi connectivity index (χ4v) is 3.16. The largest absolute Gasteiger partial charge is 0.338 e. The number of nitrogens with zero attached hydrogens (tertiary/aromatic N) is 1. The molecule has 0 atom stereocenters. The lowest BCUT2D eigenvalue weighted by Crippen LogP contribution is -2.47. The van der Waals surface area contributed by atoms with Gasteiger partial charge in [-0.15, -0.1) is 0 Å². The summed E-state index contributed by atoms with van der Waals surface area (Å²) in [6.07, 6.45) is 6.37. The minimum atomic E-state index is -0.621. The third-order valence-corrected chi connectivity index (χ3v) is 4.23. The normalized spacial score (nSPS) is 18.6. The highest BCUT2D eigenvalue weighted by Crippen LogP contribution is 2.26. The van der Waals surface area contributed by atoms with Gasteiger partial charge in [0.2, 0.25) is 5.91 Å². The molecule has 0 radical (unpaired) electrons. The maximum absolute atomic E-state index is 12.0. The van der Waals surface area contributed by atoms with Crippen LogP contribution in [-0.4, -0.2) is 11.4 Å². The fourth-order valence-electron chi connectivity index (χ4n) is 2.49. The number of hydrogen-bond donors (Lipinski definition) is 1. The molecule has 1 aromatic heterocycles. The van der Waals surface area contributed by atoms with Crippen LogP contribution in [0.4, 0.5) is 0 Å². The summed E-state index contributed by atoms with van der Waals surface area (Å²) < 4.78 is 0. The van der Waals surface area contributed by atoms with Crippen molar-refractivity contribution in [2.24, 2.45) is 0 Å². The summed E-state index contributed by atoms with van der Waals surface area (Å²) in [5, 5.41) is 16.3. The molecule has 0 spiro atoms. The van der Waals surface area contributed by atoms with Crippen LogP contribution in [0.1, 0.15) is 44.1 Å². The molecule has 1 aliphatic rings. The smallest absolute Gasteiger partial charge is 0.225 e. The van der Waals surface area contributed by atoms with Gasteiger partial charge in [0.15, 0.2) is 0 Å². The Labute approximate surface area is 112 Å². The minimum absolute atomic E-state index is 0.0307. The van der Waals surface area contributed by atoms with Crippen molar-refractivity contribution >= 4 is 17.2 Å². The molecule has 1 heterocycles. The summed E-state index contributed by atoms with van der Waals surface area (Å²) in [6.45, 7) is 0. The Hall–Kier alpha value is -1.34. The van der Waals surface area contributed by atoms with Gasteiger partial charge in [-0.25, -0.2) is 0 Å². The Bertz CT molecular complexity index is 425. The third kappa shape index (κ3) is 3.33. The van der Waals surface area contributed by atoms with Crippen LogP contribution >= 0.6 is 11.3 Å². The van der Waals surface area contributed by atoms with Crippen LogP contribution in [0.5, 0.6) is 0 Å². The van der Waals surface area contributed by atoms with E-state index in [2.05, 4.69) is 11.4 Å². The zero-order chi connectivity index (χ0) is 12.8. The van der Waals surface area contributed by atoms with Gasteiger partial charge in [-0.3, -0.25) is 4.79 Å². The predicted molar refractivity (Wildman–Crippen MR) is 72.2 cm³/mol. The maximum Gasteiger partial charge on any atom is 0.225 e. The van der Waals surface area contributed by atoms with E-state index in [-0.39, 0.29) is 5.91 Å². The number of carbonyl (C=O) groups is 1. The standard InChI is InChI=1S/C14H18N2OS/c15-11-14(6-3-1-2-4-7-14)16-13(17)9-12-5-8-18-10-12/h5,8,10H,1-4,6-7,9H2,(H,16,17). The average molecular weight is 262 g/mol. The molecule has 1 N–H and O–H groups in total. The molecule has 0 saturated heterocycles. The van der Waals surface area contributed by atoms with Crippen LogP contribution in [0.2, 0.25) is 0 Å². The van der Waals surface area contributed by atoms with E-state index in [0.717, 1.165) is 31.2 Å². The van der Waals surface area contributed by atoms with Crippen molar-refractivity contribution in [1.29, 1.82) is 5.26 Å². The third-order valence-electron chi connectivity index (χ3n) is 3.49. The van der Waals surface area contributed by atoms with Gasteiger partial charge in [0.1, 0.15) is 5.54 Å². The van der Waals surface area contributed by atoms with Gasteiger partial charge >= 0.3 is 0 Å². The summed E-state index contributed by atoms with van der Waals surface area (Å²) in [7, 11) is 0. The highest BCUT2D eigenvalue weighted by Gasteiger charge is 2.32. The van der Waals surface area contributed by atoms with Crippen LogP contribution in [0, 0.1) is 11.3 Å². The van der Waals surface area contributed by atoms with Gasteiger partial charge in [-0.2, -0.15) is 16.6 Å².